The van der Waals surface area contributed by atoms with Crippen molar-refractivity contribution < 1.29 is 19.2 Å². The lowest BCUT2D eigenvalue weighted by Gasteiger charge is -2.30. The van der Waals surface area contributed by atoms with Crippen molar-refractivity contribution in [3.63, 3.8) is 0 Å². The normalized spacial score (nSPS) is 22.5. The van der Waals surface area contributed by atoms with E-state index in [2.05, 4.69) is 5.16 Å². The molecule has 1 fully saturated rings. The van der Waals surface area contributed by atoms with E-state index in [-0.39, 0.29) is 12.5 Å². The number of carbonyl (C=O) groups excluding carboxylic acids is 1. The number of likely N-dealkylation sites (tertiary alicyclic amines) is 1. The van der Waals surface area contributed by atoms with E-state index in [1.165, 1.54) is 0 Å². The van der Waals surface area contributed by atoms with Gasteiger partial charge in [-0.3, -0.25) is 9.59 Å². The maximum Gasteiger partial charge on any atom is 0.308 e. The molecule has 114 valence electrons. The lowest BCUT2D eigenvalue weighted by Crippen LogP contribution is -2.42. The summed E-state index contributed by atoms with van der Waals surface area (Å²) < 4.78 is 5.34. The number of piperidine rings is 1. The van der Waals surface area contributed by atoms with Crippen LogP contribution in [0.4, 0.5) is 0 Å². The first kappa shape index (κ1) is 14.1. The summed E-state index contributed by atoms with van der Waals surface area (Å²) in [7, 11) is 0. The first-order valence-electron chi connectivity index (χ1n) is 7.66. The van der Waals surface area contributed by atoms with Gasteiger partial charge in [0.15, 0.2) is 5.69 Å². The molecule has 0 radical (unpaired) electrons. The van der Waals surface area contributed by atoms with E-state index in [4.69, 9.17) is 9.63 Å². The Kier molecular flexibility index (Phi) is 3.94. The van der Waals surface area contributed by atoms with E-state index >= 15 is 0 Å². The molecule has 2 aliphatic rings. The highest BCUT2D eigenvalue weighted by molar-refractivity contribution is 5.94. The molecule has 6 heteroatoms. The average molecular weight is 292 g/mol. The van der Waals surface area contributed by atoms with Gasteiger partial charge >= 0.3 is 5.97 Å². The number of carboxylic acid groups (broad SMARTS) is 1. The molecule has 0 bridgehead atoms. The minimum absolute atomic E-state index is 0.173. The van der Waals surface area contributed by atoms with Crippen molar-refractivity contribution in [2.24, 2.45) is 5.92 Å². The first-order chi connectivity index (χ1) is 10.2. The highest BCUT2D eigenvalue weighted by atomic mass is 16.5. The van der Waals surface area contributed by atoms with Gasteiger partial charge in [-0.25, -0.2) is 0 Å². The summed E-state index contributed by atoms with van der Waals surface area (Å²) in [4.78, 5) is 25.4. The monoisotopic (exact) mass is 292 g/mol. The van der Waals surface area contributed by atoms with Gasteiger partial charge in [0.05, 0.1) is 5.92 Å². The molecule has 0 aromatic carbocycles. The van der Waals surface area contributed by atoms with E-state index in [0.717, 1.165) is 49.8 Å². The highest BCUT2D eigenvalue weighted by Gasteiger charge is 2.32. The van der Waals surface area contributed by atoms with Crippen LogP contribution >= 0.6 is 0 Å². The number of hydrogen-bond donors (Lipinski definition) is 1. The zero-order valence-electron chi connectivity index (χ0n) is 12.0. The van der Waals surface area contributed by atoms with Crippen LogP contribution in [0.25, 0.3) is 0 Å². The SMILES string of the molecule is O=C(O)C1CCCN(C(=O)c2noc3c2CCCCC3)C1. The van der Waals surface area contributed by atoms with Crippen molar-refractivity contribution in [1.29, 1.82) is 0 Å². The molecule has 1 aromatic rings. The zero-order chi connectivity index (χ0) is 14.8. The molecular weight excluding hydrogens is 272 g/mol. The predicted molar refractivity (Wildman–Crippen MR) is 74.0 cm³/mol. The Bertz CT molecular complexity index is 552. The van der Waals surface area contributed by atoms with Crippen molar-refractivity contribution in [3.05, 3.63) is 17.0 Å². The molecule has 1 aliphatic heterocycles. The van der Waals surface area contributed by atoms with Crippen LogP contribution in [0.15, 0.2) is 4.52 Å². The molecule has 0 saturated carbocycles. The highest BCUT2D eigenvalue weighted by Crippen LogP contribution is 2.26. The summed E-state index contributed by atoms with van der Waals surface area (Å²) in [5, 5.41) is 13.1. The van der Waals surface area contributed by atoms with Crippen molar-refractivity contribution >= 4 is 11.9 Å². The Morgan fingerprint density at radius 3 is 2.81 bits per heavy atom. The van der Waals surface area contributed by atoms with Gasteiger partial charge in [0, 0.05) is 25.1 Å². The van der Waals surface area contributed by atoms with Crippen LogP contribution in [0, 0.1) is 5.92 Å². The molecule has 1 aromatic heterocycles. The standard InChI is InChI=1S/C15H20N2O4/c18-14(17-8-4-5-10(9-17)15(19)20)13-11-6-2-1-3-7-12(11)21-16-13/h10H,1-9H2,(H,19,20). The number of nitrogens with zero attached hydrogens (tertiary/aromatic N) is 2. The number of aryl methyl sites for hydroxylation is 1. The van der Waals surface area contributed by atoms with Gasteiger partial charge in [-0.1, -0.05) is 11.6 Å². The summed E-state index contributed by atoms with van der Waals surface area (Å²) in [5.41, 5.74) is 1.34. The fourth-order valence-electron chi connectivity index (χ4n) is 3.24. The summed E-state index contributed by atoms with van der Waals surface area (Å²) in [6, 6.07) is 0. The number of aliphatic carboxylic acids is 1. The summed E-state index contributed by atoms with van der Waals surface area (Å²) in [5.74, 6) is -0.629. The fraction of sp³-hybridized carbons (Fsp3) is 0.667. The molecule has 1 saturated heterocycles. The second-order valence-electron chi connectivity index (χ2n) is 5.92. The van der Waals surface area contributed by atoms with E-state index in [1.807, 2.05) is 0 Å². The third-order valence-corrected chi connectivity index (χ3v) is 4.46. The average Bonchev–Trinajstić information content (AvgIpc) is 2.75. The fourth-order valence-corrected chi connectivity index (χ4v) is 3.24. The zero-order valence-corrected chi connectivity index (χ0v) is 12.0. The number of aromatic nitrogens is 1. The molecule has 1 unspecified atom stereocenters. The Balaban J connectivity index is 1.79. The summed E-state index contributed by atoms with van der Waals surface area (Å²) >= 11 is 0. The molecule has 1 N–H and O–H groups in total. The minimum Gasteiger partial charge on any atom is -0.481 e. The number of carbonyl (C=O) groups is 2. The quantitative estimate of drug-likeness (QED) is 0.841. The molecule has 21 heavy (non-hydrogen) atoms. The van der Waals surface area contributed by atoms with E-state index in [0.29, 0.717) is 18.7 Å². The molecular formula is C15H20N2O4. The number of amides is 1. The van der Waals surface area contributed by atoms with E-state index in [9.17, 15) is 9.59 Å². The number of fused-ring (bicyclic) bond motifs is 1. The second kappa shape index (κ2) is 5.87. The molecule has 0 spiro atoms. The third kappa shape index (κ3) is 2.80. The number of rotatable bonds is 2. The predicted octanol–water partition coefficient (Wildman–Crippen LogP) is 1.88. The molecule has 6 nitrogen and oxygen atoms in total. The van der Waals surface area contributed by atoms with Gasteiger partial charge in [-0.2, -0.15) is 0 Å². The van der Waals surface area contributed by atoms with Crippen molar-refractivity contribution in [1.82, 2.24) is 10.1 Å². The molecule has 1 amide bonds. The summed E-state index contributed by atoms with van der Waals surface area (Å²) in [6.07, 6.45) is 6.29. The topological polar surface area (TPSA) is 83.6 Å². The maximum atomic E-state index is 12.6. The van der Waals surface area contributed by atoms with Gasteiger partial charge in [-0.15, -0.1) is 0 Å². The minimum atomic E-state index is -0.827. The molecule has 2 heterocycles. The maximum absolute atomic E-state index is 12.6. The van der Waals surface area contributed by atoms with Gasteiger partial charge in [-0.05, 0) is 32.1 Å². The number of carboxylic acids is 1. The van der Waals surface area contributed by atoms with Crippen LogP contribution in [0.2, 0.25) is 0 Å². The Hall–Kier alpha value is -1.85. The van der Waals surface area contributed by atoms with Gasteiger partial charge in [0.2, 0.25) is 0 Å². The van der Waals surface area contributed by atoms with Crippen molar-refractivity contribution in [2.45, 2.75) is 44.9 Å². The lowest BCUT2D eigenvalue weighted by atomic mass is 9.97. The van der Waals surface area contributed by atoms with Crippen LogP contribution in [0.3, 0.4) is 0 Å². The van der Waals surface area contributed by atoms with Crippen LogP contribution < -0.4 is 0 Å². The second-order valence-corrected chi connectivity index (χ2v) is 5.92. The Morgan fingerprint density at radius 2 is 2.00 bits per heavy atom. The van der Waals surface area contributed by atoms with Gasteiger partial charge in [0.1, 0.15) is 5.76 Å². The number of hydrogen-bond acceptors (Lipinski definition) is 4. The molecule has 3 rings (SSSR count). The Morgan fingerprint density at radius 1 is 1.19 bits per heavy atom. The van der Waals surface area contributed by atoms with Gasteiger partial charge < -0.3 is 14.5 Å². The molecule has 1 atom stereocenters. The molecule has 1 aliphatic carbocycles. The van der Waals surface area contributed by atoms with Crippen molar-refractivity contribution in [3.8, 4) is 0 Å². The van der Waals surface area contributed by atoms with Crippen LogP contribution in [0.5, 0.6) is 0 Å². The summed E-state index contributed by atoms with van der Waals surface area (Å²) in [6.45, 7) is 0.875. The smallest absolute Gasteiger partial charge is 0.308 e. The van der Waals surface area contributed by atoms with Crippen LogP contribution in [0.1, 0.15) is 53.9 Å². The third-order valence-electron chi connectivity index (χ3n) is 4.46. The first-order valence-corrected chi connectivity index (χ1v) is 7.66. The van der Waals surface area contributed by atoms with Crippen molar-refractivity contribution in [2.75, 3.05) is 13.1 Å². The van der Waals surface area contributed by atoms with E-state index < -0.39 is 11.9 Å². The lowest BCUT2D eigenvalue weighted by molar-refractivity contribution is -0.143. The van der Waals surface area contributed by atoms with Crippen LogP contribution in [-0.4, -0.2) is 40.1 Å². The van der Waals surface area contributed by atoms with E-state index in [1.54, 1.807) is 4.90 Å². The van der Waals surface area contributed by atoms with Crippen LogP contribution in [-0.2, 0) is 17.6 Å². The van der Waals surface area contributed by atoms with Gasteiger partial charge in [0.25, 0.3) is 5.91 Å². The largest absolute Gasteiger partial charge is 0.481 e. The Labute approximate surface area is 123 Å².